The molecule has 0 saturated carbocycles. The smallest absolute Gasteiger partial charge is 0.274 e. The van der Waals surface area contributed by atoms with Crippen LogP contribution in [0.25, 0.3) is 0 Å². The Morgan fingerprint density at radius 3 is 2.43 bits per heavy atom. The zero-order chi connectivity index (χ0) is 20.5. The molecule has 7 nitrogen and oxygen atoms in total. The Balaban J connectivity index is 2.16. The van der Waals surface area contributed by atoms with E-state index >= 15 is 0 Å². The number of hydrogen-bond donors (Lipinski definition) is 0. The fourth-order valence-electron chi connectivity index (χ4n) is 3.32. The van der Waals surface area contributed by atoms with Gasteiger partial charge in [-0.1, -0.05) is 48.9 Å². The van der Waals surface area contributed by atoms with Crippen LogP contribution < -0.4 is 0 Å². The molecular formula is C20H20N2O5S. The van der Waals surface area contributed by atoms with Gasteiger partial charge >= 0.3 is 0 Å². The average molecular weight is 400 g/mol. The highest BCUT2D eigenvalue weighted by Gasteiger charge is 2.42. The van der Waals surface area contributed by atoms with Crippen molar-refractivity contribution in [1.82, 2.24) is 4.31 Å². The highest BCUT2D eigenvalue weighted by Crippen LogP contribution is 2.41. The van der Waals surface area contributed by atoms with Gasteiger partial charge in [0.2, 0.25) is 10.0 Å². The minimum Gasteiger partial charge on any atom is -0.295 e. The minimum atomic E-state index is -3.96. The second kappa shape index (κ2) is 7.65. The normalized spacial score (nSPS) is 17.4. The fourth-order valence-corrected chi connectivity index (χ4v) is 4.85. The van der Waals surface area contributed by atoms with E-state index in [0.29, 0.717) is 0 Å². The molecule has 1 atom stereocenters. The molecular weight excluding hydrogens is 380 g/mol. The van der Waals surface area contributed by atoms with E-state index in [-0.39, 0.29) is 40.5 Å². The van der Waals surface area contributed by atoms with Crippen molar-refractivity contribution in [2.75, 3.05) is 6.54 Å². The molecule has 0 N–H and O–H groups in total. The van der Waals surface area contributed by atoms with Gasteiger partial charge in [0.15, 0.2) is 5.78 Å². The Bertz CT molecular complexity index is 1060. The maximum atomic E-state index is 13.3. The van der Waals surface area contributed by atoms with E-state index in [1.165, 1.54) is 30.3 Å². The summed E-state index contributed by atoms with van der Waals surface area (Å²) in [5, 5.41) is 11.5. The molecule has 0 fully saturated rings. The molecule has 1 aliphatic rings. The SMILES string of the molecule is CCC(=O)C1=CCN(S(=O)(=O)c2ccc(C)cc2)C1c1ccccc1[N+](=O)[O-]. The summed E-state index contributed by atoms with van der Waals surface area (Å²) in [6, 6.07) is 11.3. The lowest BCUT2D eigenvalue weighted by Crippen LogP contribution is -2.33. The van der Waals surface area contributed by atoms with Crippen molar-refractivity contribution in [3.63, 3.8) is 0 Å². The van der Waals surface area contributed by atoms with Gasteiger partial charge in [-0.25, -0.2) is 8.42 Å². The van der Waals surface area contributed by atoms with E-state index in [0.717, 1.165) is 9.87 Å². The number of rotatable bonds is 6. The van der Waals surface area contributed by atoms with Gasteiger partial charge in [0.1, 0.15) is 0 Å². The molecule has 3 rings (SSSR count). The fraction of sp³-hybridized carbons (Fsp3) is 0.250. The third kappa shape index (κ3) is 3.48. The summed E-state index contributed by atoms with van der Waals surface area (Å²) in [7, 11) is -3.96. The van der Waals surface area contributed by atoms with Crippen LogP contribution in [0.15, 0.2) is 65.1 Å². The number of para-hydroxylation sites is 1. The number of sulfonamides is 1. The maximum absolute atomic E-state index is 13.3. The molecule has 0 aromatic heterocycles. The topological polar surface area (TPSA) is 97.6 Å². The molecule has 0 amide bonds. The van der Waals surface area contributed by atoms with Crippen molar-refractivity contribution in [2.45, 2.75) is 31.2 Å². The zero-order valence-corrected chi connectivity index (χ0v) is 16.3. The van der Waals surface area contributed by atoms with Crippen LogP contribution in [0.4, 0.5) is 5.69 Å². The summed E-state index contributed by atoms with van der Waals surface area (Å²) in [5.74, 6) is -0.232. The van der Waals surface area contributed by atoms with Crippen molar-refractivity contribution < 1.29 is 18.1 Å². The Labute approximate surface area is 163 Å². The first-order valence-electron chi connectivity index (χ1n) is 8.82. The minimum absolute atomic E-state index is 0.0198. The van der Waals surface area contributed by atoms with Crippen molar-refractivity contribution in [2.24, 2.45) is 0 Å². The first-order valence-corrected chi connectivity index (χ1v) is 10.3. The van der Waals surface area contributed by atoms with Crippen LogP contribution in [-0.2, 0) is 14.8 Å². The number of carbonyl (C=O) groups is 1. The predicted octanol–water partition coefficient (Wildman–Crippen LogP) is 3.55. The second-order valence-electron chi connectivity index (χ2n) is 6.54. The molecule has 1 heterocycles. The lowest BCUT2D eigenvalue weighted by Gasteiger charge is -2.26. The molecule has 8 heteroatoms. The van der Waals surface area contributed by atoms with Crippen molar-refractivity contribution in [3.05, 3.63) is 81.4 Å². The highest BCUT2D eigenvalue weighted by atomic mass is 32.2. The number of hydrogen-bond acceptors (Lipinski definition) is 5. The molecule has 2 aromatic rings. The molecule has 0 aliphatic carbocycles. The van der Waals surface area contributed by atoms with Crippen LogP contribution in [0.3, 0.4) is 0 Å². The first kappa shape index (κ1) is 19.9. The summed E-state index contributed by atoms with van der Waals surface area (Å²) >= 11 is 0. The predicted molar refractivity (Wildman–Crippen MR) is 104 cm³/mol. The molecule has 1 unspecified atom stereocenters. The summed E-state index contributed by atoms with van der Waals surface area (Å²) in [5.41, 5.74) is 1.16. The van der Waals surface area contributed by atoms with Crippen molar-refractivity contribution >= 4 is 21.5 Å². The number of nitro groups is 1. The summed E-state index contributed by atoms with van der Waals surface area (Å²) < 4.78 is 27.7. The Morgan fingerprint density at radius 2 is 1.82 bits per heavy atom. The van der Waals surface area contributed by atoms with E-state index in [4.69, 9.17) is 0 Å². The number of Topliss-reactive ketones (excluding diaryl/α,β-unsaturated/α-hetero) is 1. The van der Waals surface area contributed by atoms with Crippen LogP contribution in [0.2, 0.25) is 0 Å². The molecule has 1 aliphatic heterocycles. The van der Waals surface area contributed by atoms with Crippen LogP contribution >= 0.6 is 0 Å². The van der Waals surface area contributed by atoms with E-state index in [2.05, 4.69) is 0 Å². The van der Waals surface area contributed by atoms with Crippen LogP contribution in [0.1, 0.15) is 30.5 Å². The Hall–Kier alpha value is -2.84. The van der Waals surface area contributed by atoms with Gasteiger partial charge in [-0.2, -0.15) is 4.31 Å². The third-order valence-corrected chi connectivity index (χ3v) is 6.62. The standard InChI is InChI=1S/C20H20N2O5S/c1-3-19(23)17-12-13-21(28(26,27)15-10-8-14(2)9-11-15)20(17)16-6-4-5-7-18(16)22(24)25/h4-12,20H,3,13H2,1-2H3. The van der Waals surface area contributed by atoms with Crippen molar-refractivity contribution in [1.29, 1.82) is 0 Å². The molecule has 0 spiro atoms. The van der Waals surface area contributed by atoms with E-state index < -0.39 is 21.0 Å². The monoisotopic (exact) mass is 400 g/mol. The van der Waals surface area contributed by atoms with Crippen LogP contribution in [-0.4, -0.2) is 30.0 Å². The molecule has 0 radical (unpaired) electrons. The van der Waals surface area contributed by atoms with E-state index in [1.54, 1.807) is 31.2 Å². The van der Waals surface area contributed by atoms with Gasteiger partial charge in [-0.05, 0) is 19.1 Å². The zero-order valence-electron chi connectivity index (χ0n) is 15.5. The van der Waals surface area contributed by atoms with Gasteiger partial charge in [0.25, 0.3) is 5.69 Å². The largest absolute Gasteiger partial charge is 0.295 e. The highest BCUT2D eigenvalue weighted by molar-refractivity contribution is 7.89. The number of aryl methyl sites for hydroxylation is 1. The van der Waals surface area contributed by atoms with E-state index in [9.17, 15) is 23.3 Å². The van der Waals surface area contributed by atoms with Crippen LogP contribution in [0.5, 0.6) is 0 Å². The lowest BCUT2D eigenvalue weighted by atomic mass is 9.95. The Kier molecular flexibility index (Phi) is 5.44. The summed E-state index contributed by atoms with van der Waals surface area (Å²) in [6.07, 6.45) is 1.74. The molecule has 28 heavy (non-hydrogen) atoms. The number of nitrogens with zero attached hydrogens (tertiary/aromatic N) is 2. The molecule has 2 aromatic carbocycles. The van der Waals surface area contributed by atoms with Gasteiger partial charge < -0.3 is 0 Å². The lowest BCUT2D eigenvalue weighted by molar-refractivity contribution is -0.385. The van der Waals surface area contributed by atoms with Gasteiger partial charge in [0.05, 0.1) is 21.4 Å². The van der Waals surface area contributed by atoms with Gasteiger partial charge in [-0.3, -0.25) is 14.9 Å². The maximum Gasteiger partial charge on any atom is 0.274 e. The summed E-state index contributed by atoms with van der Waals surface area (Å²) in [4.78, 5) is 23.5. The number of nitro benzene ring substituents is 1. The number of carbonyl (C=O) groups excluding carboxylic acids is 1. The van der Waals surface area contributed by atoms with E-state index in [1.807, 2.05) is 6.92 Å². The quantitative estimate of drug-likeness (QED) is 0.545. The van der Waals surface area contributed by atoms with Crippen LogP contribution in [0, 0.1) is 17.0 Å². The first-order chi connectivity index (χ1) is 13.3. The van der Waals surface area contributed by atoms with Crippen molar-refractivity contribution in [3.8, 4) is 0 Å². The average Bonchev–Trinajstić information content (AvgIpc) is 3.13. The third-order valence-electron chi connectivity index (χ3n) is 4.77. The second-order valence-corrected chi connectivity index (χ2v) is 8.43. The molecule has 0 saturated heterocycles. The number of benzene rings is 2. The summed E-state index contributed by atoms with van der Waals surface area (Å²) in [6.45, 7) is 3.51. The molecule has 146 valence electrons. The van der Waals surface area contributed by atoms with Gasteiger partial charge in [-0.15, -0.1) is 0 Å². The van der Waals surface area contributed by atoms with Gasteiger partial charge in [0, 0.05) is 24.6 Å². The number of ketones is 1. The Morgan fingerprint density at radius 1 is 1.18 bits per heavy atom. The molecule has 0 bridgehead atoms.